The monoisotopic (exact) mass is 398 g/mol. The summed E-state index contributed by atoms with van der Waals surface area (Å²) < 4.78 is 30.3. The minimum absolute atomic E-state index is 0.000824. The number of rotatable bonds is 9. The van der Waals surface area contributed by atoms with Gasteiger partial charge in [-0.2, -0.15) is 8.78 Å². The van der Waals surface area contributed by atoms with Crippen LogP contribution in [0.2, 0.25) is 0 Å². The minimum atomic E-state index is -2.87. The molecule has 3 rings (SSSR count). The van der Waals surface area contributed by atoms with Crippen molar-refractivity contribution in [3.8, 4) is 5.75 Å². The van der Waals surface area contributed by atoms with Gasteiger partial charge in [0, 0.05) is 30.8 Å². The Kier molecular flexibility index (Phi) is 7.14. The maximum Gasteiger partial charge on any atom is 0.387 e. The van der Waals surface area contributed by atoms with Crippen LogP contribution in [0, 0.1) is 0 Å². The fraction of sp³-hybridized carbons (Fsp3) is 0.261. The molecule has 1 amide bonds. The first-order valence-corrected chi connectivity index (χ1v) is 9.61. The van der Waals surface area contributed by atoms with Crippen molar-refractivity contribution < 1.29 is 18.3 Å². The molecule has 2 N–H and O–H groups in total. The van der Waals surface area contributed by atoms with Crippen LogP contribution in [0.1, 0.15) is 30.9 Å². The van der Waals surface area contributed by atoms with Crippen molar-refractivity contribution in [3.05, 3.63) is 71.8 Å². The third-order valence-electron chi connectivity index (χ3n) is 4.56. The highest BCUT2D eigenvalue weighted by molar-refractivity contribution is 5.90. The van der Waals surface area contributed by atoms with E-state index >= 15 is 0 Å². The molecular weight excluding hydrogens is 374 g/mol. The Morgan fingerprint density at radius 2 is 1.76 bits per heavy atom. The smallest absolute Gasteiger partial charge is 0.387 e. The van der Waals surface area contributed by atoms with E-state index in [4.69, 9.17) is 4.74 Å². The van der Waals surface area contributed by atoms with Crippen LogP contribution in [0.5, 0.6) is 5.75 Å². The Hall–Kier alpha value is -2.99. The number of amides is 1. The standard InChI is InChI=1S/C23H24F2N2O2/c1-2-5-22(28)27-18-11-8-16(9-12-18)14-26-15-20-19-7-4-3-6-17(19)10-13-21(20)29-23(24)25/h3-4,6-13,23,26H,2,5,14-15H2,1H3,(H,27,28). The summed E-state index contributed by atoms with van der Waals surface area (Å²) in [5.74, 6) is 0.182. The number of carbonyl (C=O) groups excluding carboxylic acids is 1. The molecule has 0 atom stereocenters. The summed E-state index contributed by atoms with van der Waals surface area (Å²) in [6, 6.07) is 18.6. The molecule has 0 saturated heterocycles. The van der Waals surface area contributed by atoms with Crippen LogP contribution in [0.25, 0.3) is 10.8 Å². The Morgan fingerprint density at radius 3 is 2.48 bits per heavy atom. The van der Waals surface area contributed by atoms with Crippen LogP contribution in [0.3, 0.4) is 0 Å². The van der Waals surface area contributed by atoms with Gasteiger partial charge in [0.05, 0.1) is 0 Å². The lowest BCUT2D eigenvalue weighted by molar-refractivity contribution is -0.116. The second-order valence-corrected chi connectivity index (χ2v) is 6.74. The number of hydrogen-bond acceptors (Lipinski definition) is 3. The first-order chi connectivity index (χ1) is 14.1. The number of nitrogens with one attached hydrogen (secondary N) is 2. The molecule has 0 saturated carbocycles. The number of carbonyl (C=O) groups is 1. The van der Waals surface area contributed by atoms with E-state index < -0.39 is 6.61 Å². The van der Waals surface area contributed by atoms with Crippen molar-refractivity contribution in [2.75, 3.05) is 5.32 Å². The van der Waals surface area contributed by atoms with Gasteiger partial charge in [-0.15, -0.1) is 0 Å². The second-order valence-electron chi connectivity index (χ2n) is 6.74. The summed E-state index contributed by atoms with van der Waals surface area (Å²) in [5, 5.41) is 7.99. The normalized spacial score (nSPS) is 11.0. The Bertz CT molecular complexity index is 959. The molecule has 0 aromatic heterocycles. The van der Waals surface area contributed by atoms with E-state index in [0.717, 1.165) is 28.4 Å². The topological polar surface area (TPSA) is 50.4 Å². The summed E-state index contributed by atoms with van der Waals surface area (Å²) in [6.45, 7) is 0.0337. The number of benzene rings is 3. The van der Waals surface area contributed by atoms with Crippen LogP contribution in [0.4, 0.5) is 14.5 Å². The van der Waals surface area contributed by atoms with Gasteiger partial charge in [0.25, 0.3) is 0 Å². The third-order valence-corrected chi connectivity index (χ3v) is 4.56. The lowest BCUT2D eigenvalue weighted by Gasteiger charge is -2.15. The molecule has 0 unspecified atom stereocenters. The van der Waals surface area contributed by atoms with Crippen LogP contribution in [-0.4, -0.2) is 12.5 Å². The first kappa shape index (κ1) is 20.7. The van der Waals surface area contributed by atoms with Crippen LogP contribution in [-0.2, 0) is 17.9 Å². The average molecular weight is 398 g/mol. The van der Waals surface area contributed by atoms with Gasteiger partial charge in [0.2, 0.25) is 5.91 Å². The molecule has 3 aromatic rings. The summed E-state index contributed by atoms with van der Waals surface area (Å²) in [7, 11) is 0. The quantitative estimate of drug-likeness (QED) is 0.503. The third kappa shape index (κ3) is 5.74. The molecule has 3 aromatic carbocycles. The van der Waals surface area contributed by atoms with E-state index in [1.165, 1.54) is 0 Å². The summed E-state index contributed by atoms with van der Waals surface area (Å²) >= 11 is 0. The highest BCUT2D eigenvalue weighted by Crippen LogP contribution is 2.29. The lowest BCUT2D eigenvalue weighted by atomic mass is 10.0. The molecule has 0 heterocycles. The molecule has 0 aliphatic carbocycles. The maximum atomic E-state index is 12.8. The maximum absolute atomic E-state index is 12.8. The zero-order chi connectivity index (χ0) is 20.6. The van der Waals surface area contributed by atoms with Gasteiger partial charge in [-0.25, -0.2) is 0 Å². The van der Waals surface area contributed by atoms with Gasteiger partial charge in [0.1, 0.15) is 5.75 Å². The molecule has 0 radical (unpaired) electrons. The van der Waals surface area contributed by atoms with Crippen molar-refractivity contribution in [2.45, 2.75) is 39.5 Å². The van der Waals surface area contributed by atoms with Crippen molar-refractivity contribution >= 4 is 22.4 Å². The van der Waals surface area contributed by atoms with E-state index in [-0.39, 0.29) is 11.7 Å². The molecule has 4 nitrogen and oxygen atoms in total. The second kappa shape index (κ2) is 9.98. The molecule has 0 fully saturated rings. The van der Waals surface area contributed by atoms with E-state index in [1.54, 1.807) is 12.1 Å². The molecule has 0 bridgehead atoms. The predicted octanol–water partition coefficient (Wildman–Crippen LogP) is 5.47. The van der Waals surface area contributed by atoms with Gasteiger partial charge >= 0.3 is 6.61 Å². The first-order valence-electron chi connectivity index (χ1n) is 9.61. The predicted molar refractivity (Wildman–Crippen MR) is 111 cm³/mol. The van der Waals surface area contributed by atoms with Crippen LogP contribution >= 0.6 is 0 Å². The molecule has 0 spiro atoms. The van der Waals surface area contributed by atoms with Crippen molar-refractivity contribution in [1.82, 2.24) is 5.32 Å². The zero-order valence-electron chi connectivity index (χ0n) is 16.3. The minimum Gasteiger partial charge on any atom is -0.434 e. The number of hydrogen-bond donors (Lipinski definition) is 2. The van der Waals surface area contributed by atoms with E-state index in [2.05, 4.69) is 10.6 Å². The Labute approximate surface area is 168 Å². The van der Waals surface area contributed by atoms with E-state index in [9.17, 15) is 13.6 Å². The summed E-state index contributed by atoms with van der Waals surface area (Å²) in [6.07, 6.45) is 1.30. The van der Waals surface area contributed by atoms with Crippen LogP contribution < -0.4 is 15.4 Å². The highest BCUT2D eigenvalue weighted by Gasteiger charge is 2.12. The molecule has 152 valence electrons. The van der Waals surface area contributed by atoms with Crippen molar-refractivity contribution in [1.29, 1.82) is 0 Å². The summed E-state index contributed by atoms with van der Waals surface area (Å²) in [5.41, 5.74) is 2.48. The lowest BCUT2D eigenvalue weighted by Crippen LogP contribution is -2.15. The van der Waals surface area contributed by atoms with Gasteiger partial charge in [-0.3, -0.25) is 4.79 Å². The van der Waals surface area contributed by atoms with Gasteiger partial charge < -0.3 is 15.4 Å². The number of ether oxygens (including phenoxy) is 1. The fourth-order valence-corrected chi connectivity index (χ4v) is 3.19. The highest BCUT2D eigenvalue weighted by atomic mass is 19.3. The molecular formula is C23H24F2N2O2. The fourth-order valence-electron chi connectivity index (χ4n) is 3.19. The van der Waals surface area contributed by atoms with Crippen molar-refractivity contribution in [3.63, 3.8) is 0 Å². The number of fused-ring (bicyclic) bond motifs is 1. The molecule has 0 aliphatic rings. The van der Waals surface area contributed by atoms with Gasteiger partial charge in [-0.1, -0.05) is 49.4 Å². The number of halogens is 2. The van der Waals surface area contributed by atoms with Crippen molar-refractivity contribution in [2.24, 2.45) is 0 Å². The average Bonchev–Trinajstić information content (AvgIpc) is 2.70. The Balaban J connectivity index is 1.67. The molecule has 0 aliphatic heterocycles. The van der Waals surface area contributed by atoms with Gasteiger partial charge in [0.15, 0.2) is 0 Å². The van der Waals surface area contributed by atoms with E-state index in [1.807, 2.05) is 55.5 Å². The SMILES string of the molecule is CCCC(=O)Nc1ccc(CNCc2c(OC(F)F)ccc3ccccc23)cc1. The van der Waals surface area contributed by atoms with Crippen LogP contribution in [0.15, 0.2) is 60.7 Å². The van der Waals surface area contributed by atoms with E-state index in [0.29, 0.717) is 25.1 Å². The Morgan fingerprint density at radius 1 is 1.00 bits per heavy atom. The largest absolute Gasteiger partial charge is 0.434 e. The zero-order valence-corrected chi connectivity index (χ0v) is 16.3. The summed E-state index contributed by atoms with van der Waals surface area (Å²) in [4.78, 5) is 11.7. The number of anilines is 1. The molecule has 6 heteroatoms. The van der Waals surface area contributed by atoms with Gasteiger partial charge in [-0.05, 0) is 41.0 Å². The number of alkyl halides is 2. The molecule has 29 heavy (non-hydrogen) atoms.